The molecule has 1 aliphatic heterocycles. The molecule has 2 aromatic heterocycles. The first kappa shape index (κ1) is 23.2. The van der Waals surface area contributed by atoms with Crippen LogP contribution in [0.15, 0.2) is 15.9 Å². The van der Waals surface area contributed by atoms with E-state index in [1.807, 2.05) is 0 Å². The highest BCUT2D eigenvalue weighted by Gasteiger charge is 2.53. The Morgan fingerprint density at radius 3 is 2.12 bits per heavy atom. The largest absolute Gasteiger partial charge is 0.463 e. The summed E-state index contributed by atoms with van der Waals surface area (Å²) in [7, 11) is 4.46. The van der Waals surface area contributed by atoms with E-state index in [4.69, 9.17) is 18.9 Å². The van der Waals surface area contributed by atoms with Crippen molar-refractivity contribution in [1.82, 2.24) is 13.7 Å². The highest BCUT2D eigenvalue weighted by molar-refractivity contribution is 5.68. The third kappa shape index (κ3) is 4.02. The highest BCUT2D eigenvalue weighted by atomic mass is 16.7. The topological polar surface area (TPSA) is 141 Å². The van der Waals surface area contributed by atoms with Crippen molar-refractivity contribution in [2.24, 2.45) is 21.1 Å². The van der Waals surface area contributed by atoms with E-state index in [-0.39, 0.29) is 17.8 Å². The molecule has 0 aliphatic carbocycles. The fourth-order valence-electron chi connectivity index (χ4n) is 3.82. The van der Waals surface area contributed by atoms with Crippen LogP contribution in [0.25, 0.3) is 11.2 Å². The van der Waals surface area contributed by atoms with Crippen LogP contribution >= 0.6 is 0 Å². The smallest absolute Gasteiger partial charge is 0.388 e. The summed E-state index contributed by atoms with van der Waals surface area (Å²) in [6, 6.07) is 0. The first-order valence-electron chi connectivity index (χ1n) is 9.73. The first-order valence-corrected chi connectivity index (χ1v) is 9.73. The lowest BCUT2D eigenvalue weighted by molar-refractivity contribution is -0.746. The van der Waals surface area contributed by atoms with Crippen LogP contribution in [-0.4, -0.2) is 56.5 Å². The summed E-state index contributed by atoms with van der Waals surface area (Å²) in [4.78, 5) is 60.2. The number of imidazole rings is 1. The van der Waals surface area contributed by atoms with E-state index in [9.17, 15) is 24.0 Å². The number of hydrogen-bond acceptors (Lipinski definition) is 9. The molecular weight excluding hydrogens is 428 g/mol. The Labute approximate surface area is 181 Å². The molecule has 0 N–H and O–H groups in total. The summed E-state index contributed by atoms with van der Waals surface area (Å²) in [5.41, 5.74) is -0.693. The summed E-state index contributed by atoms with van der Waals surface area (Å²) in [5.74, 6) is -1.90. The van der Waals surface area contributed by atoms with Crippen molar-refractivity contribution in [2.45, 2.75) is 45.3 Å². The van der Waals surface area contributed by atoms with E-state index >= 15 is 0 Å². The molecule has 0 spiro atoms. The van der Waals surface area contributed by atoms with Crippen LogP contribution in [0.4, 0.5) is 0 Å². The Bertz CT molecular complexity index is 1210. The summed E-state index contributed by atoms with van der Waals surface area (Å²) in [6.07, 6.45) is -2.81. The minimum absolute atomic E-state index is 0.201. The maximum Gasteiger partial charge on any atom is 0.388 e. The molecular formula is C19H25N4O9+. The van der Waals surface area contributed by atoms with Crippen LogP contribution in [0.1, 0.15) is 27.0 Å². The maximum absolute atomic E-state index is 12.7. The first-order chi connectivity index (χ1) is 14.9. The Morgan fingerprint density at radius 2 is 1.56 bits per heavy atom. The van der Waals surface area contributed by atoms with E-state index in [1.54, 1.807) is 7.05 Å². The Balaban J connectivity index is 2.20. The lowest BCUT2D eigenvalue weighted by Gasteiger charge is -2.22. The van der Waals surface area contributed by atoms with Crippen molar-refractivity contribution in [3.05, 3.63) is 27.2 Å². The van der Waals surface area contributed by atoms with Gasteiger partial charge in [-0.15, -0.1) is 0 Å². The third-order valence-electron chi connectivity index (χ3n) is 5.12. The summed E-state index contributed by atoms with van der Waals surface area (Å²) < 4.78 is 27.0. The minimum Gasteiger partial charge on any atom is -0.463 e. The van der Waals surface area contributed by atoms with E-state index in [0.29, 0.717) is 0 Å². The molecule has 4 atom stereocenters. The number of rotatable bonds is 5. The molecule has 3 heterocycles. The number of carbonyl (C=O) groups is 3. The number of carbonyl (C=O) groups excluding carboxylic acids is 3. The molecule has 0 radical (unpaired) electrons. The third-order valence-corrected chi connectivity index (χ3v) is 5.12. The fourth-order valence-corrected chi connectivity index (χ4v) is 3.82. The minimum atomic E-state index is -1.15. The van der Waals surface area contributed by atoms with Crippen LogP contribution in [0.5, 0.6) is 0 Å². The highest BCUT2D eigenvalue weighted by Crippen LogP contribution is 2.32. The molecule has 32 heavy (non-hydrogen) atoms. The zero-order valence-electron chi connectivity index (χ0n) is 18.6. The monoisotopic (exact) mass is 453 g/mol. The van der Waals surface area contributed by atoms with Gasteiger partial charge in [0, 0.05) is 27.8 Å². The van der Waals surface area contributed by atoms with Crippen molar-refractivity contribution in [3.8, 4) is 0 Å². The number of esters is 3. The zero-order chi connectivity index (χ0) is 23.9. The molecule has 1 fully saturated rings. The second-order valence-electron chi connectivity index (χ2n) is 7.53. The molecule has 13 nitrogen and oxygen atoms in total. The Hall–Kier alpha value is -3.48. The quantitative estimate of drug-likeness (QED) is 0.291. The summed E-state index contributed by atoms with van der Waals surface area (Å²) in [5, 5.41) is 0. The number of ether oxygens (including phenoxy) is 4. The Kier molecular flexibility index (Phi) is 6.21. The van der Waals surface area contributed by atoms with Crippen molar-refractivity contribution < 1.29 is 37.9 Å². The van der Waals surface area contributed by atoms with Crippen LogP contribution in [-0.2, 0) is 54.5 Å². The standard InChI is InChI=1S/C19H25N4O9/c1-9(24)29-7-12-14(30-10(2)25)15(31-11(3)26)18(32-12)23-8-20(4)13-16(23)21(5)19(28)22(6)17(13)27/h8,12,14-15,18H,7H2,1-6H3/q+1/t12-,14-,15-,18-/m1/s1. The van der Waals surface area contributed by atoms with Crippen molar-refractivity contribution in [1.29, 1.82) is 0 Å². The predicted molar refractivity (Wildman–Crippen MR) is 105 cm³/mol. The van der Waals surface area contributed by atoms with Crippen LogP contribution in [0.3, 0.4) is 0 Å². The van der Waals surface area contributed by atoms with Gasteiger partial charge in [-0.1, -0.05) is 0 Å². The van der Waals surface area contributed by atoms with Gasteiger partial charge < -0.3 is 18.9 Å². The maximum atomic E-state index is 12.7. The van der Waals surface area contributed by atoms with Gasteiger partial charge in [0.2, 0.25) is 11.7 Å². The van der Waals surface area contributed by atoms with Gasteiger partial charge >= 0.3 is 29.2 Å². The number of fused-ring (bicyclic) bond motifs is 1. The molecule has 1 saturated heterocycles. The molecule has 0 amide bonds. The van der Waals surface area contributed by atoms with E-state index < -0.39 is 53.7 Å². The van der Waals surface area contributed by atoms with Crippen molar-refractivity contribution >= 4 is 29.1 Å². The van der Waals surface area contributed by atoms with Gasteiger partial charge in [0.25, 0.3) is 5.65 Å². The zero-order valence-corrected chi connectivity index (χ0v) is 18.6. The molecule has 0 unspecified atom stereocenters. The van der Waals surface area contributed by atoms with Crippen LogP contribution in [0, 0.1) is 0 Å². The van der Waals surface area contributed by atoms with Gasteiger partial charge in [-0.05, 0) is 0 Å². The number of aromatic nitrogens is 4. The lowest BCUT2D eigenvalue weighted by atomic mass is 10.1. The van der Waals surface area contributed by atoms with Crippen LogP contribution < -0.4 is 15.8 Å². The SMILES string of the molecule is CC(=O)OC[C@H]1O[C@@H]([n+]2cn(C)c3c(=O)n(C)c(=O)n(C)c32)[C@H](OC(C)=O)[C@@H]1OC(C)=O. The Morgan fingerprint density at radius 1 is 0.969 bits per heavy atom. The van der Waals surface area contributed by atoms with Gasteiger partial charge in [0.15, 0.2) is 18.5 Å². The molecule has 0 aromatic carbocycles. The second-order valence-corrected chi connectivity index (χ2v) is 7.53. The molecule has 174 valence electrons. The van der Waals surface area contributed by atoms with E-state index in [2.05, 4.69) is 0 Å². The predicted octanol–water partition coefficient (Wildman–Crippen LogP) is -1.81. The van der Waals surface area contributed by atoms with Gasteiger partial charge in [-0.3, -0.25) is 23.7 Å². The van der Waals surface area contributed by atoms with Crippen molar-refractivity contribution in [3.63, 3.8) is 0 Å². The van der Waals surface area contributed by atoms with Crippen LogP contribution in [0.2, 0.25) is 0 Å². The number of hydrogen-bond donors (Lipinski definition) is 0. The average molecular weight is 453 g/mol. The van der Waals surface area contributed by atoms with Gasteiger partial charge in [-0.25, -0.2) is 18.5 Å². The molecule has 13 heteroatoms. The molecule has 2 aromatic rings. The molecule has 3 rings (SSSR count). The van der Waals surface area contributed by atoms with E-state index in [1.165, 1.54) is 54.9 Å². The summed E-state index contributed by atoms with van der Waals surface area (Å²) in [6.45, 7) is 3.30. The summed E-state index contributed by atoms with van der Waals surface area (Å²) >= 11 is 0. The van der Waals surface area contributed by atoms with Gasteiger partial charge in [-0.2, -0.15) is 0 Å². The number of aryl methyl sites for hydroxylation is 2. The molecule has 0 saturated carbocycles. The molecule has 0 bridgehead atoms. The van der Waals surface area contributed by atoms with Crippen molar-refractivity contribution in [2.75, 3.05) is 6.61 Å². The number of nitrogens with zero attached hydrogens (tertiary/aromatic N) is 4. The van der Waals surface area contributed by atoms with E-state index in [0.717, 1.165) is 4.57 Å². The van der Waals surface area contributed by atoms with Gasteiger partial charge in [0.05, 0.1) is 14.1 Å². The fraction of sp³-hybridized carbons (Fsp3) is 0.579. The average Bonchev–Trinajstić information content (AvgIpc) is 3.20. The second kappa shape index (κ2) is 8.57. The normalized spacial score (nSPS) is 22.7. The lowest BCUT2D eigenvalue weighted by Crippen LogP contribution is -2.50. The molecule has 1 aliphatic rings. The van der Waals surface area contributed by atoms with Gasteiger partial charge in [0.1, 0.15) is 12.7 Å².